The molecule has 0 fully saturated rings. The first kappa shape index (κ1) is 12.7. The number of hydrogen-bond donors (Lipinski definition) is 2. The zero-order valence-electron chi connectivity index (χ0n) is 9.64. The van der Waals surface area contributed by atoms with Gasteiger partial charge in [0, 0.05) is 25.5 Å². The second kappa shape index (κ2) is 6.24. The molecular formula is C10H18N4O2. The van der Waals surface area contributed by atoms with E-state index < -0.39 is 0 Å². The van der Waals surface area contributed by atoms with Gasteiger partial charge in [0.2, 0.25) is 5.91 Å². The lowest BCUT2D eigenvalue weighted by molar-refractivity contribution is -0.122. The van der Waals surface area contributed by atoms with Crippen LogP contribution in [0, 0.1) is 0 Å². The summed E-state index contributed by atoms with van der Waals surface area (Å²) in [6.45, 7) is 2.95. The highest BCUT2D eigenvalue weighted by molar-refractivity contribution is 5.76. The van der Waals surface area contributed by atoms with Crippen LogP contribution >= 0.6 is 0 Å². The Labute approximate surface area is 94.8 Å². The molecule has 1 rings (SSSR count). The number of carbonyl (C=O) groups excluding carboxylic acids is 1. The fourth-order valence-electron chi connectivity index (χ4n) is 1.44. The molecule has 0 radical (unpaired) electrons. The summed E-state index contributed by atoms with van der Waals surface area (Å²) in [6, 6.07) is 0.00217. The Kier molecular flexibility index (Phi) is 4.94. The third kappa shape index (κ3) is 3.63. The van der Waals surface area contributed by atoms with E-state index in [1.165, 1.54) is 0 Å². The van der Waals surface area contributed by atoms with Crippen LogP contribution in [-0.2, 0) is 22.6 Å². The molecule has 1 aromatic heterocycles. The normalized spacial score (nSPS) is 12.4. The molecule has 6 heteroatoms. The Morgan fingerprint density at radius 2 is 2.50 bits per heavy atom. The van der Waals surface area contributed by atoms with Crippen LogP contribution in [0.5, 0.6) is 0 Å². The minimum atomic E-state index is -0.0720. The van der Waals surface area contributed by atoms with Gasteiger partial charge >= 0.3 is 0 Å². The van der Waals surface area contributed by atoms with Gasteiger partial charge in [-0.05, 0) is 6.92 Å². The van der Waals surface area contributed by atoms with E-state index in [4.69, 9.17) is 10.5 Å². The van der Waals surface area contributed by atoms with Crippen molar-refractivity contribution in [1.29, 1.82) is 0 Å². The number of methoxy groups -OCH3 is 1. The standard InChI is InChI=1S/C10H18N4O2/c1-8(7-16-2)13-10(15)6-14-4-3-12-9(14)5-11/h3-4,8H,5-7,11H2,1-2H3,(H,13,15). The zero-order valence-corrected chi connectivity index (χ0v) is 9.64. The molecule has 0 bridgehead atoms. The van der Waals surface area contributed by atoms with Gasteiger partial charge in [-0.1, -0.05) is 0 Å². The average Bonchev–Trinajstić information content (AvgIpc) is 2.65. The quantitative estimate of drug-likeness (QED) is 0.684. The summed E-state index contributed by atoms with van der Waals surface area (Å²) in [5.41, 5.74) is 5.48. The molecule has 1 atom stereocenters. The number of hydrogen-bond acceptors (Lipinski definition) is 4. The number of amides is 1. The summed E-state index contributed by atoms with van der Waals surface area (Å²) < 4.78 is 6.66. The van der Waals surface area contributed by atoms with Gasteiger partial charge in [0.05, 0.1) is 13.2 Å². The lowest BCUT2D eigenvalue weighted by Gasteiger charge is -2.13. The van der Waals surface area contributed by atoms with Crippen LogP contribution in [0.15, 0.2) is 12.4 Å². The zero-order chi connectivity index (χ0) is 12.0. The first-order chi connectivity index (χ1) is 7.67. The second-order valence-corrected chi connectivity index (χ2v) is 3.60. The van der Waals surface area contributed by atoms with Gasteiger partial charge < -0.3 is 20.4 Å². The molecule has 1 unspecified atom stereocenters. The minimum Gasteiger partial charge on any atom is -0.383 e. The number of carbonyl (C=O) groups is 1. The Morgan fingerprint density at radius 1 is 1.75 bits per heavy atom. The number of imidazole rings is 1. The molecule has 0 aliphatic heterocycles. The highest BCUT2D eigenvalue weighted by Crippen LogP contribution is 1.96. The van der Waals surface area contributed by atoms with E-state index in [1.807, 2.05) is 6.92 Å². The van der Waals surface area contributed by atoms with Gasteiger partial charge in [0.1, 0.15) is 12.4 Å². The van der Waals surface area contributed by atoms with Crippen LogP contribution in [0.4, 0.5) is 0 Å². The van der Waals surface area contributed by atoms with Crippen LogP contribution in [0.3, 0.4) is 0 Å². The first-order valence-electron chi connectivity index (χ1n) is 5.15. The SMILES string of the molecule is COCC(C)NC(=O)Cn1ccnc1CN. The van der Waals surface area contributed by atoms with Crippen molar-refractivity contribution in [1.82, 2.24) is 14.9 Å². The van der Waals surface area contributed by atoms with Crippen LogP contribution in [0.25, 0.3) is 0 Å². The van der Waals surface area contributed by atoms with Crippen molar-refractivity contribution >= 4 is 5.91 Å². The fourth-order valence-corrected chi connectivity index (χ4v) is 1.44. The molecule has 3 N–H and O–H groups in total. The molecule has 0 aliphatic rings. The van der Waals surface area contributed by atoms with Gasteiger partial charge in [-0.3, -0.25) is 4.79 Å². The molecule has 1 aromatic rings. The van der Waals surface area contributed by atoms with E-state index in [-0.39, 0.29) is 18.5 Å². The van der Waals surface area contributed by atoms with E-state index in [0.717, 1.165) is 0 Å². The molecule has 16 heavy (non-hydrogen) atoms. The van der Waals surface area contributed by atoms with Crippen LogP contribution in [0.2, 0.25) is 0 Å². The van der Waals surface area contributed by atoms with Crippen molar-refractivity contribution in [3.05, 3.63) is 18.2 Å². The van der Waals surface area contributed by atoms with Crippen molar-refractivity contribution in [2.24, 2.45) is 5.73 Å². The summed E-state index contributed by atoms with van der Waals surface area (Å²) >= 11 is 0. The van der Waals surface area contributed by atoms with Crippen LogP contribution in [-0.4, -0.2) is 35.2 Å². The van der Waals surface area contributed by atoms with Crippen molar-refractivity contribution in [3.63, 3.8) is 0 Å². The van der Waals surface area contributed by atoms with Gasteiger partial charge in [0.15, 0.2) is 0 Å². The lowest BCUT2D eigenvalue weighted by Crippen LogP contribution is -2.37. The molecule has 0 aromatic carbocycles. The molecule has 0 aliphatic carbocycles. The fraction of sp³-hybridized carbons (Fsp3) is 0.600. The summed E-state index contributed by atoms with van der Waals surface area (Å²) in [5, 5.41) is 2.82. The molecule has 0 saturated heterocycles. The summed E-state index contributed by atoms with van der Waals surface area (Å²) in [6.07, 6.45) is 3.37. The second-order valence-electron chi connectivity index (χ2n) is 3.60. The third-order valence-corrected chi connectivity index (χ3v) is 2.12. The van der Waals surface area contributed by atoms with Gasteiger partial charge in [-0.25, -0.2) is 4.98 Å². The largest absolute Gasteiger partial charge is 0.383 e. The summed E-state index contributed by atoms with van der Waals surface area (Å²) in [5.74, 6) is 0.631. The maximum atomic E-state index is 11.6. The third-order valence-electron chi connectivity index (χ3n) is 2.12. The Morgan fingerprint density at radius 3 is 3.12 bits per heavy atom. The van der Waals surface area contributed by atoms with Crippen molar-refractivity contribution in [2.45, 2.75) is 26.1 Å². The van der Waals surface area contributed by atoms with Crippen molar-refractivity contribution in [2.75, 3.05) is 13.7 Å². The number of nitrogens with zero attached hydrogens (tertiary/aromatic N) is 2. The van der Waals surface area contributed by atoms with E-state index >= 15 is 0 Å². The van der Waals surface area contributed by atoms with Crippen LogP contribution in [0.1, 0.15) is 12.7 Å². The average molecular weight is 226 g/mol. The molecule has 0 saturated carbocycles. The maximum Gasteiger partial charge on any atom is 0.240 e. The Bertz CT molecular complexity index is 337. The van der Waals surface area contributed by atoms with Crippen LogP contribution < -0.4 is 11.1 Å². The monoisotopic (exact) mass is 226 g/mol. The van der Waals surface area contributed by atoms with Gasteiger partial charge in [-0.2, -0.15) is 0 Å². The molecule has 6 nitrogen and oxygen atoms in total. The van der Waals surface area contributed by atoms with Crippen molar-refractivity contribution < 1.29 is 9.53 Å². The van der Waals surface area contributed by atoms with Gasteiger partial charge in [0.25, 0.3) is 0 Å². The predicted octanol–water partition coefficient (Wildman–Crippen LogP) is -0.507. The Balaban J connectivity index is 2.45. The summed E-state index contributed by atoms with van der Waals surface area (Å²) in [7, 11) is 1.60. The molecule has 1 amide bonds. The smallest absolute Gasteiger partial charge is 0.240 e. The Hall–Kier alpha value is -1.40. The summed E-state index contributed by atoms with van der Waals surface area (Å²) in [4.78, 5) is 15.6. The number of rotatable bonds is 6. The van der Waals surface area contributed by atoms with Crippen molar-refractivity contribution in [3.8, 4) is 0 Å². The predicted molar refractivity (Wildman–Crippen MR) is 59.6 cm³/mol. The minimum absolute atomic E-state index is 0.00217. The number of nitrogens with two attached hydrogens (primary N) is 1. The topological polar surface area (TPSA) is 82.2 Å². The van der Waals surface area contributed by atoms with E-state index in [2.05, 4.69) is 10.3 Å². The molecule has 90 valence electrons. The highest BCUT2D eigenvalue weighted by atomic mass is 16.5. The maximum absolute atomic E-state index is 11.6. The van der Waals surface area contributed by atoms with E-state index in [0.29, 0.717) is 19.0 Å². The molecule has 1 heterocycles. The highest BCUT2D eigenvalue weighted by Gasteiger charge is 2.09. The number of ether oxygens (including phenoxy) is 1. The molecular weight excluding hydrogens is 208 g/mol. The molecule has 0 spiro atoms. The first-order valence-corrected chi connectivity index (χ1v) is 5.15. The lowest BCUT2D eigenvalue weighted by atomic mass is 10.3. The van der Waals surface area contributed by atoms with E-state index in [1.54, 1.807) is 24.1 Å². The number of aromatic nitrogens is 2. The number of nitrogens with one attached hydrogen (secondary N) is 1. The van der Waals surface area contributed by atoms with E-state index in [9.17, 15) is 4.79 Å². The van der Waals surface area contributed by atoms with Gasteiger partial charge in [-0.15, -0.1) is 0 Å².